The van der Waals surface area contributed by atoms with Gasteiger partial charge in [0.1, 0.15) is 12.5 Å². The Kier molecular flexibility index (Phi) is 6.47. The van der Waals surface area contributed by atoms with E-state index in [0.717, 1.165) is 18.3 Å². The van der Waals surface area contributed by atoms with Crippen LogP contribution in [0.4, 0.5) is 0 Å². The maximum Gasteiger partial charge on any atom is 0.136 e. The van der Waals surface area contributed by atoms with Crippen molar-refractivity contribution in [2.75, 3.05) is 0 Å². The first-order valence-corrected chi connectivity index (χ1v) is 5.84. The summed E-state index contributed by atoms with van der Waals surface area (Å²) in [5.41, 5.74) is 12.4. The van der Waals surface area contributed by atoms with Gasteiger partial charge in [-0.25, -0.2) is 0 Å². The van der Waals surface area contributed by atoms with Crippen LogP contribution in [-0.2, 0) is 16.1 Å². The maximum atomic E-state index is 10.3. The summed E-state index contributed by atoms with van der Waals surface area (Å²) in [5, 5.41) is 0. The Morgan fingerprint density at radius 1 is 1.18 bits per heavy atom. The second-order valence-corrected chi connectivity index (χ2v) is 4.07. The second kappa shape index (κ2) is 7.95. The molecule has 0 radical (unpaired) electrons. The fraction of sp³-hybridized carbons (Fsp3) is 0.462. The van der Waals surface area contributed by atoms with Crippen LogP contribution >= 0.6 is 0 Å². The minimum Gasteiger partial charge on any atom is -0.359 e. The van der Waals surface area contributed by atoms with Crippen LogP contribution in [0.2, 0.25) is 0 Å². The summed E-state index contributed by atoms with van der Waals surface area (Å²) in [4.78, 5) is 10.3. The van der Waals surface area contributed by atoms with Crippen LogP contribution in [0.1, 0.15) is 24.8 Å². The lowest BCUT2D eigenvalue weighted by Gasteiger charge is -2.13. The summed E-state index contributed by atoms with van der Waals surface area (Å²) in [6, 6.07) is 9.51. The first kappa shape index (κ1) is 13.8. The number of carbonyl (C=O) groups excluding carboxylic acids is 1. The van der Waals surface area contributed by atoms with E-state index in [4.69, 9.17) is 16.2 Å². The number of nitrogens with two attached hydrogens (primary N) is 2. The summed E-state index contributed by atoms with van der Waals surface area (Å²) < 4.78 is 5.49. The van der Waals surface area contributed by atoms with E-state index < -0.39 is 0 Å². The lowest BCUT2D eigenvalue weighted by atomic mass is 10.1. The third-order valence-electron chi connectivity index (χ3n) is 2.51. The number of hydrogen-bond donors (Lipinski definition) is 2. The monoisotopic (exact) mass is 236 g/mol. The molecule has 0 heterocycles. The topological polar surface area (TPSA) is 78.3 Å². The molecule has 1 rings (SSSR count). The molecular weight excluding hydrogens is 216 g/mol. The SMILES string of the molecule is NC(CCC[C@H](N)C=O)OCc1ccccc1. The largest absolute Gasteiger partial charge is 0.359 e. The number of hydrogen-bond acceptors (Lipinski definition) is 4. The molecule has 0 fully saturated rings. The van der Waals surface area contributed by atoms with Gasteiger partial charge in [0.15, 0.2) is 0 Å². The van der Waals surface area contributed by atoms with Gasteiger partial charge >= 0.3 is 0 Å². The average molecular weight is 236 g/mol. The summed E-state index contributed by atoms with van der Waals surface area (Å²) in [7, 11) is 0. The zero-order chi connectivity index (χ0) is 12.5. The van der Waals surface area contributed by atoms with Gasteiger partial charge in [0.2, 0.25) is 0 Å². The van der Waals surface area contributed by atoms with Crippen molar-refractivity contribution < 1.29 is 9.53 Å². The maximum absolute atomic E-state index is 10.3. The third-order valence-corrected chi connectivity index (χ3v) is 2.51. The highest BCUT2D eigenvalue weighted by atomic mass is 16.5. The molecular formula is C13H20N2O2. The molecule has 4 N–H and O–H groups in total. The molecule has 4 heteroatoms. The quantitative estimate of drug-likeness (QED) is 0.525. The zero-order valence-electron chi connectivity index (χ0n) is 9.92. The van der Waals surface area contributed by atoms with Crippen LogP contribution in [0.25, 0.3) is 0 Å². The average Bonchev–Trinajstić information content (AvgIpc) is 2.37. The third kappa shape index (κ3) is 6.16. The molecule has 94 valence electrons. The summed E-state index contributed by atoms with van der Waals surface area (Å²) in [6.07, 6.45) is 2.64. The van der Waals surface area contributed by atoms with Crippen LogP contribution in [0.15, 0.2) is 30.3 Å². The van der Waals surface area contributed by atoms with Gasteiger partial charge in [-0.15, -0.1) is 0 Å². The Labute approximate surface area is 102 Å². The molecule has 0 aromatic heterocycles. The molecule has 1 aromatic carbocycles. The molecule has 0 aliphatic carbocycles. The van der Waals surface area contributed by atoms with Gasteiger partial charge < -0.3 is 21.0 Å². The molecule has 0 spiro atoms. The molecule has 4 nitrogen and oxygen atoms in total. The number of rotatable bonds is 8. The van der Waals surface area contributed by atoms with Gasteiger partial charge in [-0.2, -0.15) is 0 Å². The molecule has 0 aliphatic heterocycles. The van der Waals surface area contributed by atoms with Gasteiger partial charge in [0.05, 0.1) is 12.6 Å². The van der Waals surface area contributed by atoms with Crippen LogP contribution in [0, 0.1) is 0 Å². The lowest BCUT2D eigenvalue weighted by Crippen LogP contribution is -2.26. The second-order valence-electron chi connectivity index (χ2n) is 4.07. The molecule has 0 amide bonds. The molecule has 1 aromatic rings. The fourth-order valence-electron chi connectivity index (χ4n) is 1.48. The highest BCUT2D eigenvalue weighted by molar-refractivity contribution is 5.56. The summed E-state index contributed by atoms with van der Waals surface area (Å²) in [6.45, 7) is 0.516. The van der Waals surface area contributed by atoms with E-state index in [2.05, 4.69) is 0 Å². The molecule has 17 heavy (non-hydrogen) atoms. The Bertz CT molecular complexity index is 316. The van der Waals surface area contributed by atoms with Crippen molar-refractivity contribution >= 4 is 6.29 Å². The Hall–Kier alpha value is -1.23. The van der Waals surface area contributed by atoms with Gasteiger partial charge in [-0.1, -0.05) is 30.3 Å². The van der Waals surface area contributed by atoms with E-state index >= 15 is 0 Å². The van der Waals surface area contributed by atoms with E-state index in [-0.39, 0.29) is 12.3 Å². The van der Waals surface area contributed by atoms with E-state index in [9.17, 15) is 4.79 Å². The van der Waals surface area contributed by atoms with E-state index in [1.54, 1.807) is 0 Å². The minimum atomic E-state index is -0.378. The first-order valence-electron chi connectivity index (χ1n) is 5.84. The number of carbonyl (C=O) groups is 1. The van der Waals surface area contributed by atoms with Crippen molar-refractivity contribution in [1.82, 2.24) is 0 Å². The van der Waals surface area contributed by atoms with Crippen molar-refractivity contribution in [2.24, 2.45) is 11.5 Å². The molecule has 0 bridgehead atoms. The zero-order valence-corrected chi connectivity index (χ0v) is 9.92. The van der Waals surface area contributed by atoms with Gasteiger partial charge in [-0.05, 0) is 24.8 Å². The molecule has 2 atom stereocenters. The smallest absolute Gasteiger partial charge is 0.136 e. The standard InChI is InChI=1S/C13H20N2O2/c14-12(9-16)7-4-8-13(15)17-10-11-5-2-1-3-6-11/h1-3,5-6,9,12-13H,4,7-8,10,14-15H2/t12-,13?/m0/s1. The Morgan fingerprint density at radius 2 is 1.88 bits per heavy atom. The first-order chi connectivity index (χ1) is 8.22. The van der Waals surface area contributed by atoms with Gasteiger partial charge in [-0.3, -0.25) is 0 Å². The van der Waals surface area contributed by atoms with Crippen molar-refractivity contribution in [3.8, 4) is 0 Å². The van der Waals surface area contributed by atoms with Crippen LogP contribution in [0.5, 0.6) is 0 Å². The van der Waals surface area contributed by atoms with Gasteiger partial charge in [0.25, 0.3) is 0 Å². The lowest BCUT2D eigenvalue weighted by molar-refractivity contribution is -0.109. The number of aldehydes is 1. The minimum absolute atomic E-state index is 0.297. The summed E-state index contributed by atoms with van der Waals surface area (Å²) in [5.74, 6) is 0. The van der Waals surface area contributed by atoms with Crippen LogP contribution in [0.3, 0.4) is 0 Å². The fourth-order valence-corrected chi connectivity index (χ4v) is 1.48. The summed E-state index contributed by atoms with van der Waals surface area (Å²) >= 11 is 0. The van der Waals surface area contributed by atoms with Crippen molar-refractivity contribution in [3.63, 3.8) is 0 Å². The van der Waals surface area contributed by atoms with E-state index in [0.29, 0.717) is 19.4 Å². The highest BCUT2D eigenvalue weighted by Crippen LogP contribution is 2.06. The van der Waals surface area contributed by atoms with Crippen molar-refractivity contribution in [3.05, 3.63) is 35.9 Å². The van der Waals surface area contributed by atoms with E-state index in [1.807, 2.05) is 30.3 Å². The van der Waals surface area contributed by atoms with E-state index in [1.165, 1.54) is 0 Å². The molecule has 0 aliphatic rings. The predicted molar refractivity (Wildman–Crippen MR) is 67.1 cm³/mol. The Balaban J connectivity index is 2.13. The van der Waals surface area contributed by atoms with Gasteiger partial charge in [0, 0.05) is 0 Å². The number of ether oxygens (including phenoxy) is 1. The highest BCUT2D eigenvalue weighted by Gasteiger charge is 2.05. The van der Waals surface area contributed by atoms with Crippen LogP contribution < -0.4 is 11.5 Å². The number of benzene rings is 1. The van der Waals surface area contributed by atoms with Crippen molar-refractivity contribution in [2.45, 2.75) is 38.1 Å². The van der Waals surface area contributed by atoms with Crippen molar-refractivity contribution in [1.29, 1.82) is 0 Å². The molecule has 0 saturated heterocycles. The predicted octanol–water partition coefficient (Wildman–Crippen LogP) is 1.18. The molecule has 0 saturated carbocycles. The Morgan fingerprint density at radius 3 is 2.53 bits per heavy atom. The molecule has 1 unspecified atom stereocenters. The normalized spacial score (nSPS) is 14.2. The van der Waals surface area contributed by atoms with Crippen LogP contribution in [-0.4, -0.2) is 18.6 Å².